The van der Waals surface area contributed by atoms with E-state index >= 15 is 0 Å². The fourth-order valence-electron chi connectivity index (χ4n) is 1.74. The van der Waals surface area contributed by atoms with Crippen molar-refractivity contribution < 1.29 is 35.4 Å². The van der Waals surface area contributed by atoms with Crippen LogP contribution in [0.15, 0.2) is 24.3 Å². The molecule has 0 heterocycles. The molecule has 20 heavy (non-hydrogen) atoms. The van der Waals surface area contributed by atoms with E-state index in [9.17, 15) is 30.3 Å². The van der Waals surface area contributed by atoms with Gasteiger partial charge in [-0.3, -0.25) is 4.79 Å². The molecule has 0 saturated heterocycles. The predicted molar refractivity (Wildman–Crippen MR) is 66.3 cm³/mol. The van der Waals surface area contributed by atoms with E-state index in [0.29, 0.717) is 0 Å². The van der Waals surface area contributed by atoms with Crippen molar-refractivity contribution in [3.63, 3.8) is 0 Å². The molecule has 0 saturated carbocycles. The van der Waals surface area contributed by atoms with Gasteiger partial charge in [-0.2, -0.15) is 0 Å². The Kier molecular flexibility index (Phi) is 3.03. The highest BCUT2D eigenvalue weighted by Crippen LogP contribution is 2.39. The summed E-state index contributed by atoms with van der Waals surface area (Å²) < 4.78 is 0. The summed E-state index contributed by atoms with van der Waals surface area (Å²) in [5.41, 5.74) is -1.10. The first kappa shape index (κ1) is 13.3. The predicted octanol–water partition coefficient (Wildman–Crippen LogP) is 1.15. The number of benzene rings is 2. The summed E-state index contributed by atoms with van der Waals surface area (Å²) in [7, 11) is 0. The maximum Gasteiger partial charge on any atom is 0.204 e. The molecule has 0 fully saturated rings. The molecule has 0 aliphatic rings. The van der Waals surface area contributed by atoms with Gasteiger partial charge in [0.15, 0.2) is 11.5 Å². The molecule has 2 rings (SSSR count). The van der Waals surface area contributed by atoms with Gasteiger partial charge in [0.05, 0.1) is 5.56 Å². The third-order valence-electron chi connectivity index (χ3n) is 2.63. The fraction of sp³-hybridized carbons (Fsp3) is 0. The van der Waals surface area contributed by atoms with Crippen LogP contribution in [0.25, 0.3) is 0 Å². The van der Waals surface area contributed by atoms with Gasteiger partial charge in [-0.1, -0.05) is 0 Å². The maximum atomic E-state index is 12.1. The van der Waals surface area contributed by atoms with Gasteiger partial charge in [0.25, 0.3) is 0 Å². The van der Waals surface area contributed by atoms with Crippen molar-refractivity contribution >= 4 is 5.78 Å². The van der Waals surface area contributed by atoms with Crippen LogP contribution in [0.4, 0.5) is 0 Å². The van der Waals surface area contributed by atoms with E-state index in [0.717, 1.165) is 24.3 Å². The average Bonchev–Trinajstić information content (AvgIpc) is 2.32. The van der Waals surface area contributed by atoms with E-state index < -0.39 is 51.4 Å². The van der Waals surface area contributed by atoms with E-state index in [-0.39, 0.29) is 0 Å². The summed E-state index contributed by atoms with van der Waals surface area (Å²) in [5, 5.41) is 56.6. The van der Waals surface area contributed by atoms with Gasteiger partial charge >= 0.3 is 0 Å². The van der Waals surface area contributed by atoms with Crippen LogP contribution in [-0.2, 0) is 0 Å². The number of carbonyl (C=O) groups excluding carboxylic acids is 1. The normalized spacial score (nSPS) is 10.4. The number of phenols is 6. The SMILES string of the molecule is O=C(c1cc(O)cc(O)c1O)c1c(O)cc(O)cc1O. The number of aromatic hydroxyl groups is 6. The van der Waals surface area contributed by atoms with E-state index in [4.69, 9.17) is 5.11 Å². The second-order valence-corrected chi connectivity index (χ2v) is 4.05. The maximum absolute atomic E-state index is 12.1. The molecular formula is C13H10O7. The lowest BCUT2D eigenvalue weighted by molar-refractivity contribution is 0.103. The van der Waals surface area contributed by atoms with Gasteiger partial charge in [0.1, 0.15) is 28.6 Å². The molecule has 0 radical (unpaired) electrons. The highest BCUT2D eigenvalue weighted by molar-refractivity contribution is 6.14. The molecule has 0 aliphatic heterocycles. The van der Waals surface area contributed by atoms with Gasteiger partial charge in [-0.25, -0.2) is 0 Å². The molecular weight excluding hydrogens is 268 g/mol. The average molecular weight is 278 g/mol. The summed E-state index contributed by atoms with van der Waals surface area (Å²) in [6.45, 7) is 0. The molecule has 0 bridgehead atoms. The minimum absolute atomic E-state index is 0.459. The van der Waals surface area contributed by atoms with Crippen molar-refractivity contribution in [1.82, 2.24) is 0 Å². The van der Waals surface area contributed by atoms with Crippen molar-refractivity contribution in [2.45, 2.75) is 0 Å². The second-order valence-electron chi connectivity index (χ2n) is 4.05. The topological polar surface area (TPSA) is 138 Å². The number of carbonyl (C=O) groups is 1. The van der Waals surface area contributed by atoms with Crippen molar-refractivity contribution in [1.29, 1.82) is 0 Å². The molecule has 0 aromatic heterocycles. The quantitative estimate of drug-likeness (QED) is 0.275. The molecule has 7 heteroatoms. The zero-order valence-electron chi connectivity index (χ0n) is 9.90. The monoisotopic (exact) mass is 278 g/mol. The molecule has 0 atom stereocenters. The number of rotatable bonds is 2. The van der Waals surface area contributed by atoms with Crippen molar-refractivity contribution in [3.8, 4) is 34.5 Å². The smallest absolute Gasteiger partial charge is 0.204 e. The standard InChI is InChI=1S/C13H10O7/c14-5-1-7(12(19)10(18)4-5)13(20)11-8(16)2-6(15)3-9(11)17/h1-4,14-19H. The van der Waals surface area contributed by atoms with E-state index in [1.807, 2.05) is 0 Å². The van der Waals surface area contributed by atoms with E-state index in [1.54, 1.807) is 0 Å². The Balaban J connectivity index is 2.64. The zero-order chi connectivity index (χ0) is 15.0. The van der Waals surface area contributed by atoms with Gasteiger partial charge in [-0.05, 0) is 6.07 Å². The second kappa shape index (κ2) is 4.54. The Morgan fingerprint density at radius 2 is 1.15 bits per heavy atom. The van der Waals surface area contributed by atoms with Crippen LogP contribution in [-0.4, -0.2) is 36.4 Å². The third-order valence-corrected chi connectivity index (χ3v) is 2.63. The third kappa shape index (κ3) is 2.12. The van der Waals surface area contributed by atoms with Crippen molar-refractivity contribution in [3.05, 3.63) is 35.4 Å². The Labute approximate surface area is 112 Å². The van der Waals surface area contributed by atoms with Gasteiger partial charge in [-0.15, -0.1) is 0 Å². The Morgan fingerprint density at radius 1 is 0.700 bits per heavy atom. The first-order chi connectivity index (χ1) is 9.31. The fourth-order valence-corrected chi connectivity index (χ4v) is 1.74. The number of phenolic OH excluding ortho intramolecular Hbond substituents is 6. The van der Waals surface area contributed by atoms with Gasteiger partial charge in [0, 0.05) is 18.2 Å². The van der Waals surface area contributed by atoms with Gasteiger partial charge < -0.3 is 30.6 Å². The summed E-state index contributed by atoms with van der Waals surface area (Å²) >= 11 is 0. The van der Waals surface area contributed by atoms with Crippen LogP contribution in [0.2, 0.25) is 0 Å². The number of hydrogen-bond acceptors (Lipinski definition) is 7. The molecule has 2 aromatic carbocycles. The van der Waals surface area contributed by atoms with Crippen LogP contribution in [0.5, 0.6) is 34.5 Å². The Hall–Kier alpha value is -3.09. The highest BCUT2D eigenvalue weighted by atomic mass is 16.3. The van der Waals surface area contributed by atoms with Crippen molar-refractivity contribution in [2.75, 3.05) is 0 Å². The number of hydrogen-bond donors (Lipinski definition) is 6. The van der Waals surface area contributed by atoms with Crippen LogP contribution < -0.4 is 0 Å². The summed E-state index contributed by atoms with van der Waals surface area (Å²) in [6, 6.07) is 3.34. The molecule has 2 aromatic rings. The molecule has 0 spiro atoms. The largest absolute Gasteiger partial charge is 0.508 e. The lowest BCUT2D eigenvalue weighted by Gasteiger charge is -2.09. The highest BCUT2D eigenvalue weighted by Gasteiger charge is 2.24. The first-order valence-corrected chi connectivity index (χ1v) is 5.36. The summed E-state index contributed by atoms with van der Waals surface area (Å²) in [6.07, 6.45) is 0. The summed E-state index contributed by atoms with van der Waals surface area (Å²) in [4.78, 5) is 12.1. The van der Waals surface area contributed by atoms with E-state index in [1.165, 1.54) is 0 Å². The molecule has 0 amide bonds. The van der Waals surface area contributed by atoms with Crippen molar-refractivity contribution in [2.24, 2.45) is 0 Å². The molecule has 6 N–H and O–H groups in total. The van der Waals surface area contributed by atoms with Gasteiger partial charge in [0.2, 0.25) is 5.78 Å². The lowest BCUT2D eigenvalue weighted by Crippen LogP contribution is -2.03. The van der Waals surface area contributed by atoms with E-state index in [2.05, 4.69) is 0 Å². The van der Waals surface area contributed by atoms with Crippen LogP contribution >= 0.6 is 0 Å². The minimum atomic E-state index is -1.04. The number of ketones is 1. The first-order valence-electron chi connectivity index (χ1n) is 5.36. The van der Waals surface area contributed by atoms with Crippen LogP contribution in [0, 0.1) is 0 Å². The molecule has 0 aliphatic carbocycles. The van der Waals surface area contributed by atoms with Crippen LogP contribution in [0.1, 0.15) is 15.9 Å². The Morgan fingerprint density at radius 3 is 1.70 bits per heavy atom. The minimum Gasteiger partial charge on any atom is -0.508 e. The molecule has 0 unspecified atom stereocenters. The Bertz CT molecular complexity index is 683. The zero-order valence-corrected chi connectivity index (χ0v) is 9.90. The van der Waals surface area contributed by atoms with Crippen LogP contribution in [0.3, 0.4) is 0 Å². The molecule has 7 nitrogen and oxygen atoms in total. The lowest BCUT2D eigenvalue weighted by atomic mass is 9.99. The molecule has 104 valence electrons. The summed E-state index contributed by atoms with van der Waals surface area (Å²) in [5.74, 6) is -4.94.